The van der Waals surface area contributed by atoms with E-state index in [0.29, 0.717) is 30.9 Å². The Kier molecular flexibility index (Phi) is 7.79. The number of benzene rings is 2. The molecule has 1 aromatic heterocycles. The number of aryl methyl sites for hydroxylation is 1. The number of nitrogens with one attached hydrogen (secondary N) is 2. The highest BCUT2D eigenvalue weighted by molar-refractivity contribution is 5.82. The second kappa shape index (κ2) is 11.2. The van der Waals surface area contributed by atoms with Gasteiger partial charge in [0.2, 0.25) is 5.91 Å². The van der Waals surface area contributed by atoms with Crippen LogP contribution in [0.25, 0.3) is 0 Å². The van der Waals surface area contributed by atoms with Crippen LogP contribution in [0, 0.1) is 0 Å². The van der Waals surface area contributed by atoms with E-state index in [1.54, 1.807) is 48.9 Å². The van der Waals surface area contributed by atoms with Gasteiger partial charge in [0.05, 0.1) is 19.0 Å². The third-order valence-electron chi connectivity index (χ3n) is 4.18. The van der Waals surface area contributed by atoms with E-state index in [-0.39, 0.29) is 18.4 Å². The van der Waals surface area contributed by atoms with Gasteiger partial charge < -0.3 is 14.5 Å². The average molecular weight is 405 g/mol. The van der Waals surface area contributed by atoms with Crippen LogP contribution in [0.2, 0.25) is 0 Å². The van der Waals surface area contributed by atoms with E-state index in [1.165, 1.54) is 0 Å². The normalized spacial score (nSPS) is 10.7. The first-order valence-electron chi connectivity index (χ1n) is 9.57. The van der Waals surface area contributed by atoms with Gasteiger partial charge in [0, 0.05) is 6.42 Å². The third-order valence-corrected chi connectivity index (χ3v) is 4.18. The number of hydrazone groups is 1. The summed E-state index contributed by atoms with van der Waals surface area (Å²) in [6.07, 6.45) is 4.15. The molecule has 0 saturated heterocycles. The number of rotatable bonds is 10. The van der Waals surface area contributed by atoms with Crippen LogP contribution in [0.3, 0.4) is 0 Å². The van der Waals surface area contributed by atoms with E-state index < -0.39 is 0 Å². The summed E-state index contributed by atoms with van der Waals surface area (Å²) in [5, 5.41) is 6.67. The van der Waals surface area contributed by atoms with Crippen LogP contribution in [0.1, 0.15) is 23.3 Å². The molecule has 7 nitrogen and oxygen atoms in total. The van der Waals surface area contributed by atoms with E-state index in [1.807, 2.05) is 30.3 Å². The minimum Gasteiger partial charge on any atom is -0.484 e. The zero-order valence-electron chi connectivity index (χ0n) is 16.4. The molecule has 0 aliphatic carbocycles. The highest BCUT2D eigenvalue weighted by atomic mass is 16.5. The maximum absolute atomic E-state index is 11.8. The van der Waals surface area contributed by atoms with Gasteiger partial charge in [0.25, 0.3) is 5.91 Å². The van der Waals surface area contributed by atoms with E-state index >= 15 is 0 Å². The number of carbonyl (C=O) groups excluding carboxylic acids is 2. The molecule has 0 atom stereocenters. The fourth-order valence-corrected chi connectivity index (χ4v) is 2.59. The fourth-order valence-electron chi connectivity index (χ4n) is 2.59. The Labute approximate surface area is 174 Å². The maximum atomic E-state index is 11.8. The van der Waals surface area contributed by atoms with Gasteiger partial charge in [-0.15, -0.1) is 0 Å². The zero-order valence-corrected chi connectivity index (χ0v) is 16.4. The molecule has 1 heterocycles. The number of ether oxygens (including phenoxy) is 1. The first-order chi connectivity index (χ1) is 14.7. The Bertz CT molecular complexity index is 952. The Morgan fingerprint density at radius 2 is 1.77 bits per heavy atom. The van der Waals surface area contributed by atoms with Crippen molar-refractivity contribution in [3.05, 3.63) is 89.9 Å². The molecule has 0 aliphatic rings. The molecule has 2 N–H and O–H groups in total. The van der Waals surface area contributed by atoms with Gasteiger partial charge in [-0.25, -0.2) is 5.43 Å². The van der Waals surface area contributed by atoms with Crippen molar-refractivity contribution in [1.29, 1.82) is 0 Å². The van der Waals surface area contributed by atoms with E-state index in [9.17, 15) is 9.59 Å². The second-order valence-electron chi connectivity index (χ2n) is 6.49. The molecule has 0 bridgehead atoms. The minimum atomic E-state index is -0.241. The van der Waals surface area contributed by atoms with Crippen molar-refractivity contribution >= 4 is 18.0 Å². The van der Waals surface area contributed by atoms with Crippen molar-refractivity contribution in [1.82, 2.24) is 10.7 Å². The zero-order chi connectivity index (χ0) is 21.0. The number of hydrogen-bond donors (Lipinski definition) is 2. The lowest BCUT2D eigenvalue weighted by Gasteiger charge is -2.06. The lowest BCUT2D eigenvalue weighted by molar-refractivity contribution is -0.123. The molecule has 0 aliphatic heterocycles. The lowest BCUT2D eigenvalue weighted by Crippen LogP contribution is -2.28. The van der Waals surface area contributed by atoms with Gasteiger partial charge in [0.1, 0.15) is 11.5 Å². The molecular weight excluding hydrogens is 382 g/mol. The first-order valence-corrected chi connectivity index (χ1v) is 9.57. The topological polar surface area (TPSA) is 92.9 Å². The molecule has 3 aromatic rings. The fraction of sp³-hybridized carbons (Fsp3) is 0.174. The number of hydrogen-bond acceptors (Lipinski definition) is 5. The summed E-state index contributed by atoms with van der Waals surface area (Å²) in [6, 6.07) is 20.4. The van der Waals surface area contributed by atoms with E-state index in [4.69, 9.17) is 9.15 Å². The van der Waals surface area contributed by atoms with Crippen LogP contribution < -0.4 is 15.5 Å². The average Bonchev–Trinajstić information content (AvgIpc) is 3.30. The summed E-state index contributed by atoms with van der Waals surface area (Å²) in [6.45, 7) is 0.229. The molecule has 154 valence electrons. The van der Waals surface area contributed by atoms with Crippen molar-refractivity contribution in [3.63, 3.8) is 0 Å². The lowest BCUT2D eigenvalue weighted by atomic mass is 10.1. The van der Waals surface area contributed by atoms with Crippen molar-refractivity contribution < 1.29 is 18.7 Å². The predicted octanol–water partition coefficient (Wildman–Crippen LogP) is 3.06. The largest absolute Gasteiger partial charge is 0.484 e. The SMILES string of the molecule is O=C(COc1ccc(/C=N\NC(=O)CCc2ccccc2)cc1)NCc1ccco1. The van der Waals surface area contributed by atoms with Crippen molar-refractivity contribution in [3.8, 4) is 5.75 Å². The van der Waals surface area contributed by atoms with Crippen LogP contribution in [-0.4, -0.2) is 24.6 Å². The Balaban J connectivity index is 1.35. The van der Waals surface area contributed by atoms with Crippen LogP contribution >= 0.6 is 0 Å². The molecule has 0 radical (unpaired) electrons. The second-order valence-corrected chi connectivity index (χ2v) is 6.49. The smallest absolute Gasteiger partial charge is 0.258 e. The highest BCUT2D eigenvalue weighted by Gasteiger charge is 2.04. The summed E-state index contributed by atoms with van der Waals surface area (Å²) < 4.78 is 10.6. The molecule has 2 amide bonds. The third kappa shape index (κ3) is 7.27. The van der Waals surface area contributed by atoms with Gasteiger partial charge in [-0.1, -0.05) is 30.3 Å². The number of amides is 2. The summed E-state index contributed by atoms with van der Waals surface area (Å²) in [5.41, 5.74) is 4.43. The standard InChI is InChI=1S/C23H23N3O4/c27-22(13-10-18-5-2-1-3-6-18)26-25-15-19-8-11-20(12-9-19)30-17-23(28)24-16-21-7-4-14-29-21/h1-9,11-12,14-15H,10,13,16-17H2,(H,24,28)(H,26,27)/b25-15-. The summed E-state index contributed by atoms with van der Waals surface area (Å²) in [7, 11) is 0. The van der Waals surface area contributed by atoms with E-state index in [2.05, 4.69) is 15.8 Å². The van der Waals surface area contributed by atoms with Crippen molar-refractivity contribution in [2.45, 2.75) is 19.4 Å². The van der Waals surface area contributed by atoms with Crippen molar-refractivity contribution in [2.24, 2.45) is 5.10 Å². The van der Waals surface area contributed by atoms with Gasteiger partial charge in [-0.2, -0.15) is 5.10 Å². The molecule has 0 unspecified atom stereocenters. The molecule has 3 rings (SSSR count). The maximum Gasteiger partial charge on any atom is 0.258 e. The van der Waals surface area contributed by atoms with Crippen LogP contribution in [0.15, 0.2) is 82.5 Å². The molecule has 2 aromatic carbocycles. The van der Waals surface area contributed by atoms with Crippen LogP contribution in [-0.2, 0) is 22.6 Å². The Morgan fingerprint density at radius 3 is 2.50 bits per heavy atom. The molecule has 30 heavy (non-hydrogen) atoms. The summed E-state index contributed by atoms with van der Waals surface area (Å²) in [4.78, 5) is 23.6. The number of furan rings is 1. The number of carbonyl (C=O) groups is 2. The first kappa shape index (κ1) is 20.9. The quantitative estimate of drug-likeness (QED) is 0.400. The summed E-state index contributed by atoms with van der Waals surface area (Å²) in [5.74, 6) is 0.859. The van der Waals surface area contributed by atoms with Gasteiger partial charge in [-0.3, -0.25) is 9.59 Å². The predicted molar refractivity (Wildman–Crippen MR) is 113 cm³/mol. The molecular formula is C23H23N3O4. The van der Waals surface area contributed by atoms with Gasteiger partial charge >= 0.3 is 0 Å². The van der Waals surface area contributed by atoms with Gasteiger partial charge in [0.15, 0.2) is 6.61 Å². The van der Waals surface area contributed by atoms with Crippen LogP contribution in [0.5, 0.6) is 5.75 Å². The van der Waals surface area contributed by atoms with E-state index in [0.717, 1.165) is 11.1 Å². The molecule has 0 saturated carbocycles. The minimum absolute atomic E-state index is 0.0917. The Morgan fingerprint density at radius 1 is 0.967 bits per heavy atom. The molecule has 7 heteroatoms. The van der Waals surface area contributed by atoms with Gasteiger partial charge in [-0.05, 0) is 53.9 Å². The molecule has 0 fully saturated rings. The van der Waals surface area contributed by atoms with Crippen molar-refractivity contribution in [2.75, 3.05) is 6.61 Å². The summed E-state index contributed by atoms with van der Waals surface area (Å²) >= 11 is 0. The van der Waals surface area contributed by atoms with Crippen LogP contribution in [0.4, 0.5) is 0 Å². The number of nitrogens with zero attached hydrogens (tertiary/aromatic N) is 1. The monoisotopic (exact) mass is 405 g/mol. The highest BCUT2D eigenvalue weighted by Crippen LogP contribution is 2.11. The molecule has 0 spiro atoms. The Hall–Kier alpha value is -3.87.